The van der Waals surface area contributed by atoms with Crippen molar-refractivity contribution in [1.82, 2.24) is 15.1 Å². The van der Waals surface area contributed by atoms with E-state index in [-0.39, 0.29) is 11.9 Å². The summed E-state index contributed by atoms with van der Waals surface area (Å²) in [6, 6.07) is 7.38. The van der Waals surface area contributed by atoms with E-state index in [1.54, 1.807) is 10.7 Å². The summed E-state index contributed by atoms with van der Waals surface area (Å²) in [6.45, 7) is 6.82. The molecule has 2 aromatic rings. The fourth-order valence-corrected chi connectivity index (χ4v) is 3.67. The molecule has 162 valence electrons. The lowest BCUT2D eigenvalue weighted by Gasteiger charge is -2.08. The van der Waals surface area contributed by atoms with Gasteiger partial charge in [-0.2, -0.15) is 5.10 Å². The van der Waals surface area contributed by atoms with Crippen LogP contribution in [0.2, 0.25) is 0 Å². The van der Waals surface area contributed by atoms with Gasteiger partial charge in [-0.05, 0) is 58.1 Å². The van der Waals surface area contributed by atoms with Crippen LogP contribution in [0.3, 0.4) is 0 Å². The number of esters is 1. The molecule has 0 radical (unpaired) electrons. The number of fused-ring (bicyclic) bond motifs is 1. The van der Waals surface area contributed by atoms with Crippen molar-refractivity contribution in [2.75, 3.05) is 26.4 Å². The third-order valence-corrected chi connectivity index (χ3v) is 5.16. The number of carbonyl (C=O) groups excluding carboxylic acids is 2. The molecular formula is C23H31N3O4. The Labute approximate surface area is 177 Å². The molecule has 0 fully saturated rings. The number of nitrogens with zero attached hydrogens (tertiary/aromatic N) is 2. The van der Waals surface area contributed by atoms with Gasteiger partial charge in [-0.3, -0.25) is 9.48 Å². The molecule has 1 aliphatic rings. The number of amides is 1. The van der Waals surface area contributed by atoms with E-state index in [4.69, 9.17) is 9.47 Å². The van der Waals surface area contributed by atoms with Gasteiger partial charge in [0.2, 0.25) is 0 Å². The second kappa shape index (κ2) is 10.9. The van der Waals surface area contributed by atoms with Gasteiger partial charge in [0, 0.05) is 31.9 Å². The number of ether oxygens (including phenoxy) is 2. The zero-order valence-electron chi connectivity index (χ0n) is 17.9. The summed E-state index contributed by atoms with van der Waals surface area (Å²) in [6.07, 6.45) is 3.72. The van der Waals surface area contributed by atoms with Crippen LogP contribution in [0.1, 0.15) is 63.9 Å². The average Bonchev–Trinajstić information content (AvgIpc) is 3.08. The lowest BCUT2D eigenvalue weighted by Crippen LogP contribution is -2.28. The monoisotopic (exact) mass is 413 g/mol. The fraction of sp³-hybridized carbons (Fsp3) is 0.522. The van der Waals surface area contributed by atoms with E-state index in [9.17, 15) is 9.59 Å². The molecular weight excluding hydrogens is 382 g/mol. The van der Waals surface area contributed by atoms with Crippen molar-refractivity contribution in [3.8, 4) is 0 Å². The minimum Gasteiger partial charge on any atom is -0.462 e. The Kier molecular flexibility index (Phi) is 8.02. The molecule has 2 heterocycles. The van der Waals surface area contributed by atoms with E-state index < -0.39 is 0 Å². The molecule has 0 aliphatic carbocycles. The van der Waals surface area contributed by atoms with Crippen LogP contribution in [0.5, 0.6) is 0 Å². The van der Waals surface area contributed by atoms with Crippen molar-refractivity contribution in [1.29, 1.82) is 0 Å². The van der Waals surface area contributed by atoms with Crippen molar-refractivity contribution in [2.45, 2.75) is 52.5 Å². The smallest absolute Gasteiger partial charge is 0.338 e. The van der Waals surface area contributed by atoms with Gasteiger partial charge < -0.3 is 14.8 Å². The highest BCUT2D eigenvalue weighted by molar-refractivity contribution is 5.94. The van der Waals surface area contributed by atoms with Crippen molar-refractivity contribution >= 4 is 11.9 Å². The number of rotatable bonds is 6. The van der Waals surface area contributed by atoms with Gasteiger partial charge in [-0.25, -0.2) is 4.79 Å². The summed E-state index contributed by atoms with van der Waals surface area (Å²) in [7, 11) is 0. The van der Waals surface area contributed by atoms with E-state index in [0.29, 0.717) is 57.0 Å². The fourth-order valence-electron chi connectivity index (χ4n) is 3.67. The Morgan fingerprint density at radius 3 is 2.93 bits per heavy atom. The third kappa shape index (κ3) is 5.69. The maximum Gasteiger partial charge on any atom is 0.338 e. The molecule has 0 unspecified atom stereocenters. The van der Waals surface area contributed by atoms with E-state index in [1.165, 1.54) is 0 Å². The molecule has 3 rings (SSSR count). The average molecular weight is 414 g/mol. The highest BCUT2D eigenvalue weighted by Gasteiger charge is 2.22. The van der Waals surface area contributed by atoms with Crippen LogP contribution < -0.4 is 5.32 Å². The highest BCUT2D eigenvalue weighted by atomic mass is 16.5. The summed E-state index contributed by atoms with van der Waals surface area (Å²) in [4.78, 5) is 25.0. The van der Waals surface area contributed by atoms with Crippen LogP contribution in [0.15, 0.2) is 24.3 Å². The Morgan fingerprint density at radius 1 is 1.30 bits per heavy atom. The first kappa shape index (κ1) is 22.0. The number of benzene rings is 1. The number of aromatic nitrogens is 2. The van der Waals surface area contributed by atoms with Crippen molar-refractivity contribution in [3.63, 3.8) is 0 Å². The molecule has 7 nitrogen and oxygen atoms in total. The Morgan fingerprint density at radius 2 is 2.13 bits per heavy atom. The van der Waals surface area contributed by atoms with E-state index >= 15 is 0 Å². The van der Waals surface area contributed by atoms with Gasteiger partial charge in [0.05, 0.1) is 17.9 Å². The predicted molar refractivity (Wildman–Crippen MR) is 114 cm³/mol. The third-order valence-electron chi connectivity index (χ3n) is 5.16. The van der Waals surface area contributed by atoms with Gasteiger partial charge >= 0.3 is 5.97 Å². The molecule has 0 saturated heterocycles. The number of hydrogen-bond acceptors (Lipinski definition) is 5. The maximum absolute atomic E-state index is 12.8. The van der Waals surface area contributed by atoms with Crippen molar-refractivity contribution < 1.29 is 19.1 Å². The van der Waals surface area contributed by atoms with Crippen LogP contribution in [-0.2, 0) is 28.9 Å². The van der Waals surface area contributed by atoms with Crippen molar-refractivity contribution in [2.24, 2.45) is 0 Å². The number of aryl methyl sites for hydroxylation is 3. The van der Waals surface area contributed by atoms with Gasteiger partial charge in [-0.15, -0.1) is 0 Å². The Bertz CT molecular complexity index is 875. The zero-order valence-corrected chi connectivity index (χ0v) is 17.9. The topological polar surface area (TPSA) is 82.5 Å². The molecule has 1 aromatic heterocycles. The lowest BCUT2D eigenvalue weighted by molar-refractivity contribution is 0.0500. The standard InChI is InChI=1S/C23H31N3O4/c1-3-26-21-19(10-5-13-29-14-7-12-24-22(21)27)20(25-26)11-6-15-30-23(28)18-9-4-8-17(2)16-18/h4,8-9,16H,3,5-7,10-15H2,1-2H3,(H,24,27). The van der Waals surface area contributed by atoms with E-state index in [0.717, 1.165) is 36.1 Å². The lowest BCUT2D eigenvalue weighted by atomic mass is 10.0. The molecule has 7 heteroatoms. The minimum atomic E-state index is -0.311. The number of carbonyl (C=O) groups is 2. The normalized spacial score (nSPS) is 15.1. The summed E-state index contributed by atoms with van der Waals surface area (Å²) in [5.41, 5.74) is 4.15. The van der Waals surface area contributed by atoms with Crippen LogP contribution in [0.4, 0.5) is 0 Å². The highest BCUT2D eigenvalue weighted by Crippen LogP contribution is 2.20. The van der Waals surface area contributed by atoms with Crippen LogP contribution in [-0.4, -0.2) is 48.0 Å². The molecule has 0 saturated carbocycles. The van der Waals surface area contributed by atoms with Gasteiger partial charge in [0.25, 0.3) is 5.91 Å². The SMILES string of the molecule is CCn1nc(CCCOC(=O)c2cccc(C)c2)c2c1C(=O)NCCCOCCC2. The minimum absolute atomic E-state index is 0.0709. The Hall–Kier alpha value is -2.67. The Balaban J connectivity index is 1.65. The number of nitrogens with one attached hydrogen (secondary N) is 1. The van der Waals surface area contributed by atoms with E-state index in [1.807, 2.05) is 32.0 Å². The first-order chi connectivity index (χ1) is 14.6. The van der Waals surface area contributed by atoms with Crippen LogP contribution >= 0.6 is 0 Å². The summed E-state index contributed by atoms with van der Waals surface area (Å²) in [5.74, 6) is -0.382. The maximum atomic E-state index is 12.8. The number of hydrogen-bond donors (Lipinski definition) is 1. The van der Waals surface area contributed by atoms with Crippen LogP contribution in [0, 0.1) is 6.92 Å². The van der Waals surface area contributed by atoms with Gasteiger partial charge in [0.1, 0.15) is 5.69 Å². The second-order valence-corrected chi connectivity index (χ2v) is 7.52. The second-order valence-electron chi connectivity index (χ2n) is 7.52. The van der Waals surface area contributed by atoms with Crippen molar-refractivity contribution in [3.05, 3.63) is 52.3 Å². The molecule has 1 aliphatic heterocycles. The molecule has 1 aromatic carbocycles. The summed E-state index contributed by atoms with van der Waals surface area (Å²) in [5, 5.41) is 7.67. The van der Waals surface area contributed by atoms with Crippen LogP contribution in [0.25, 0.3) is 0 Å². The summed E-state index contributed by atoms with van der Waals surface area (Å²) >= 11 is 0. The molecule has 1 N–H and O–H groups in total. The van der Waals surface area contributed by atoms with Gasteiger partial charge in [0.15, 0.2) is 0 Å². The van der Waals surface area contributed by atoms with E-state index in [2.05, 4.69) is 10.4 Å². The largest absolute Gasteiger partial charge is 0.462 e. The molecule has 30 heavy (non-hydrogen) atoms. The first-order valence-electron chi connectivity index (χ1n) is 10.8. The van der Waals surface area contributed by atoms with Gasteiger partial charge in [-0.1, -0.05) is 17.7 Å². The molecule has 1 amide bonds. The molecule has 0 atom stereocenters. The molecule has 0 spiro atoms. The predicted octanol–water partition coefficient (Wildman–Crippen LogP) is 3.08. The quantitative estimate of drug-likeness (QED) is 0.581. The molecule has 0 bridgehead atoms. The first-order valence-corrected chi connectivity index (χ1v) is 10.8. The zero-order chi connectivity index (χ0) is 21.3. The summed E-state index contributed by atoms with van der Waals surface area (Å²) < 4.78 is 12.8.